The molecule has 1 aromatic carbocycles. The van der Waals surface area contributed by atoms with Crippen LogP contribution in [-0.4, -0.2) is 29.5 Å². The minimum Gasteiger partial charge on any atom is -0.381 e. The van der Waals surface area contributed by atoms with Crippen molar-refractivity contribution in [3.05, 3.63) is 40.5 Å². The summed E-state index contributed by atoms with van der Waals surface area (Å²) in [4.78, 5) is 0. The molecule has 2 aromatic rings. The highest BCUT2D eigenvalue weighted by molar-refractivity contribution is 6.30. The molecule has 0 saturated heterocycles. The Balaban J connectivity index is 1.96. The highest BCUT2D eigenvalue weighted by atomic mass is 35.5. The van der Waals surface area contributed by atoms with Gasteiger partial charge in [0.1, 0.15) is 5.82 Å². The van der Waals surface area contributed by atoms with Crippen LogP contribution in [0, 0.1) is 0 Å². The molecule has 0 fully saturated rings. The summed E-state index contributed by atoms with van der Waals surface area (Å²) >= 11 is 6.00. The van der Waals surface area contributed by atoms with Gasteiger partial charge in [-0.25, -0.2) is 4.68 Å². The molecule has 1 aliphatic rings. The predicted octanol–water partition coefficient (Wildman–Crippen LogP) is 3.85. The van der Waals surface area contributed by atoms with E-state index < -0.39 is 0 Å². The number of hydrogen-bond donors (Lipinski definition) is 1. The third kappa shape index (κ3) is 3.28. The van der Waals surface area contributed by atoms with Crippen LogP contribution < -0.4 is 5.32 Å². The minimum atomic E-state index is 0.723. The van der Waals surface area contributed by atoms with Crippen molar-refractivity contribution in [3.8, 4) is 5.69 Å². The lowest BCUT2D eigenvalue weighted by Crippen LogP contribution is -2.07. The van der Waals surface area contributed by atoms with Gasteiger partial charge >= 0.3 is 0 Å². The molecule has 5 heteroatoms. The van der Waals surface area contributed by atoms with Gasteiger partial charge in [-0.3, -0.25) is 0 Å². The highest BCUT2D eigenvalue weighted by Gasteiger charge is 2.20. The number of fused-ring (bicyclic) bond motifs is 1. The summed E-state index contributed by atoms with van der Waals surface area (Å²) in [6, 6.07) is 7.83. The molecule has 1 N–H and O–H groups in total. The van der Waals surface area contributed by atoms with Crippen LogP contribution in [0.2, 0.25) is 5.02 Å². The number of nitrogens with zero attached hydrogens (tertiary/aromatic N) is 2. The first-order chi connectivity index (χ1) is 10.8. The standard InChI is InChI=1S/C17H22ClN3O/c1-2-22-12-10-16-15-5-3-4-11-19-17(15)21(20-16)14-8-6-13(18)7-9-14/h6-9,19H,2-5,10-12H2,1H3. The van der Waals surface area contributed by atoms with Gasteiger partial charge in [-0.05, 0) is 50.5 Å². The van der Waals surface area contributed by atoms with E-state index in [1.54, 1.807) is 0 Å². The Bertz CT molecular complexity index is 622. The Labute approximate surface area is 136 Å². The summed E-state index contributed by atoms with van der Waals surface area (Å²) in [6.45, 7) is 4.49. The fourth-order valence-corrected chi connectivity index (χ4v) is 2.98. The molecule has 0 bridgehead atoms. The molecule has 4 nitrogen and oxygen atoms in total. The Morgan fingerprint density at radius 2 is 2.09 bits per heavy atom. The maximum Gasteiger partial charge on any atom is 0.133 e. The van der Waals surface area contributed by atoms with Crippen molar-refractivity contribution in [2.75, 3.05) is 25.1 Å². The van der Waals surface area contributed by atoms with Gasteiger partial charge < -0.3 is 10.1 Å². The minimum absolute atomic E-state index is 0.723. The number of hydrogen-bond acceptors (Lipinski definition) is 3. The van der Waals surface area contributed by atoms with Crippen molar-refractivity contribution < 1.29 is 4.74 Å². The van der Waals surface area contributed by atoms with Gasteiger partial charge in [0.15, 0.2) is 0 Å². The first-order valence-electron chi connectivity index (χ1n) is 7.98. The van der Waals surface area contributed by atoms with E-state index in [1.807, 2.05) is 35.9 Å². The molecule has 3 rings (SSSR count). The van der Waals surface area contributed by atoms with Crippen molar-refractivity contribution >= 4 is 17.4 Å². The van der Waals surface area contributed by atoms with Crippen LogP contribution in [0.3, 0.4) is 0 Å². The third-order valence-corrected chi connectivity index (χ3v) is 4.22. The molecule has 1 aliphatic heterocycles. The van der Waals surface area contributed by atoms with Crippen LogP contribution in [-0.2, 0) is 17.6 Å². The van der Waals surface area contributed by atoms with E-state index >= 15 is 0 Å². The van der Waals surface area contributed by atoms with E-state index in [4.69, 9.17) is 21.4 Å². The lowest BCUT2D eigenvalue weighted by atomic mass is 10.1. The summed E-state index contributed by atoms with van der Waals surface area (Å²) in [7, 11) is 0. The maximum atomic E-state index is 6.00. The fourth-order valence-electron chi connectivity index (χ4n) is 2.86. The van der Waals surface area contributed by atoms with Gasteiger partial charge in [0.25, 0.3) is 0 Å². The van der Waals surface area contributed by atoms with E-state index in [1.165, 1.54) is 18.4 Å². The van der Waals surface area contributed by atoms with Crippen molar-refractivity contribution in [1.29, 1.82) is 0 Å². The molecule has 0 aliphatic carbocycles. The van der Waals surface area contributed by atoms with Crippen molar-refractivity contribution in [1.82, 2.24) is 9.78 Å². The zero-order valence-electron chi connectivity index (χ0n) is 12.9. The molecule has 22 heavy (non-hydrogen) atoms. The second-order valence-electron chi connectivity index (χ2n) is 5.49. The van der Waals surface area contributed by atoms with Crippen LogP contribution in [0.5, 0.6) is 0 Å². The van der Waals surface area contributed by atoms with Gasteiger partial charge in [0.2, 0.25) is 0 Å². The maximum absolute atomic E-state index is 6.00. The Hall–Kier alpha value is -1.52. The summed E-state index contributed by atoms with van der Waals surface area (Å²) in [5, 5.41) is 9.12. The largest absolute Gasteiger partial charge is 0.381 e. The second kappa shape index (κ2) is 7.16. The van der Waals surface area contributed by atoms with Crippen LogP contribution in [0.4, 0.5) is 5.82 Å². The summed E-state index contributed by atoms with van der Waals surface area (Å²) in [5.74, 6) is 1.13. The number of halogens is 1. The first kappa shape index (κ1) is 15.4. The summed E-state index contributed by atoms with van der Waals surface area (Å²) in [5.41, 5.74) is 3.53. The monoisotopic (exact) mass is 319 g/mol. The van der Waals surface area contributed by atoms with Crippen LogP contribution >= 0.6 is 11.6 Å². The third-order valence-electron chi connectivity index (χ3n) is 3.97. The molecule has 0 spiro atoms. The molecule has 118 valence electrons. The van der Waals surface area contributed by atoms with E-state index in [0.29, 0.717) is 0 Å². The quantitative estimate of drug-likeness (QED) is 0.851. The topological polar surface area (TPSA) is 39.1 Å². The van der Waals surface area contributed by atoms with E-state index in [-0.39, 0.29) is 0 Å². The molecular formula is C17H22ClN3O. The number of anilines is 1. The van der Waals surface area contributed by atoms with Crippen LogP contribution in [0.15, 0.2) is 24.3 Å². The Kier molecular flexibility index (Phi) is 5.01. The zero-order valence-corrected chi connectivity index (χ0v) is 13.7. The molecule has 0 unspecified atom stereocenters. The smallest absolute Gasteiger partial charge is 0.133 e. The lowest BCUT2D eigenvalue weighted by Gasteiger charge is -2.09. The summed E-state index contributed by atoms with van der Waals surface area (Å²) < 4.78 is 7.52. The molecule has 0 amide bonds. The van der Waals surface area contributed by atoms with Gasteiger partial charge in [0.05, 0.1) is 18.0 Å². The molecule has 0 radical (unpaired) electrons. The van der Waals surface area contributed by atoms with Crippen LogP contribution in [0.1, 0.15) is 31.0 Å². The van der Waals surface area contributed by atoms with Crippen molar-refractivity contribution in [2.45, 2.75) is 32.6 Å². The van der Waals surface area contributed by atoms with Crippen molar-refractivity contribution in [3.63, 3.8) is 0 Å². The second-order valence-corrected chi connectivity index (χ2v) is 5.93. The number of aromatic nitrogens is 2. The Morgan fingerprint density at radius 3 is 2.86 bits per heavy atom. The average Bonchev–Trinajstić information content (AvgIpc) is 2.71. The number of benzene rings is 1. The van der Waals surface area contributed by atoms with Crippen LogP contribution in [0.25, 0.3) is 5.69 Å². The number of nitrogens with one attached hydrogen (secondary N) is 1. The van der Waals surface area contributed by atoms with E-state index in [9.17, 15) is 0 Å². The van der Waals surface area contributed by atoms with E-state index in [0.717, 1.165) is 54.8 Å². The first-order valence-corrected chi connectivity index (χ1v) is 8.35. The number of rotatable bonds is 5. The predicted molar refractivity (Wildman–Crippen MR) is 90.2 cm³/mol. The van der Waals surface area contributed by atoms with Gasteiger partial charge in [-0.1, -0.05) is 11.6 Å². The fraction of sp³-hybridized carbons (Fsp3) is 0.471. The molecule has 0 atom stereocenters. The van der Waals surface area contributed by atoms with Crippen molar-refractivity contribution in [2.24, 2.45) is 0 Å². The van der Waals surface area contributed by atoms with Gasteiger partial charge in [0, 0.05) is 30.2 Å². The Morgan fingerprint density at radius 1 is 1.27 bits per heavy atom. The molecular weight excluding hydrogens is 298 g/mol. The SMILES string of the molecule is CCOCCc1nn(-c2ccc(Cl)cc2)c2c1CCCCN2. The highest BCUT2D eigenvalue weighted by Crippen LogP contribution is 2.28. The van der Waals surface area contributed by atoms with Gasteiger partial charge in [-0.15, -0.1) is 0 Å². The van der Waals surface area contributed by atoms with Gasteiger partial charge in [-0.2, -0.15) is 5.10 Å². The summed E-state index contributed by atoms with van der Waals surface area (Å²) in [6.07, 6.45) is 4.34. The zero-order chi connectivity index (χ0) is 15.4. The lowest BCUT2D eigenvalue weighted by molar-refractivity contribution is 0.150. The average molecular weight is 320 g/mol. The normalized spacial score (nSPS) is 14.3. The molecule has 2 heterocycles. The molecule has 0 saturated carbocycles. The molecule has 1 aromatic heterocycles. The van der Waals surface area contributed by atoms with E-state index in [2.05, 4.69) is 5.32 Å². The number of ether oxygens (including phenoxy) is 1.